The number of carbonyl (C=O) groups excluding carboxylic acids is 3. The lowest BCUT2D eigenvalue weighted by Gasteiger charge is -2.24. The second-order valence-corrected chi connectivity index (χ2v) is 8.25. The van der Waals surface area contributed by atoms with E-state index >= 15 is 0 Å². The molecular weight excluding hydrogens is 440 g/mol. The van der Waals surface area contributed by atoms with Gasteiger partial charge < -0.3 is 23.8 Å². The van der Waals surface area contributed by atoms with Crippen molar-refractivity contribution in [2.75, 3.05) is 38.8 Å². The van der Waals surface area contributed by atoms with Crippen molar-refractivity contribution < 1.29 is 33.3 Å². The van der Waals surface area contributed by atoms with Gasteiger partial charge >= 0.3 is 6.09 Å². The lowest BCUT2D eigenvalue weighted by molar-refractivity contribution is -0.130. The lowest BCUT2D eigenvalue weighted by atomic mass is 10.1. The first-order valence-corrected chi connectivity index (χ1v) is 11.1. The number of ketones is 1. The maximum Gasteiger partial charge on any atom is 0.414 e. The van der Waals surface area contributed by atoms with E-state index in [1.165, 1.54) is 11.8 Å². The number of hydrogen-bond acceptors (Lipinski definition) is 7. The monoisotopic (exact) mass is 468 g/mol. The summed E-state index contributed by atoms with van der Waals surface area (Å²) in [5.74, 6) is 1.63. The minimum Gasteiger partial charge on any atom is -0.497 e. The number of ether oxygens (including phenoxy) is 4. The summed E-state index contributed by atoms with van der Waals surface area (Å²) in [6.07, 6.45) is 0.0914. The standard InChI is InChI=1S/C25H28N2O7/c1-16(28)26(13-17-6-8-19(31-2)12-23(17)32-3)14-20-15-27(25(30)34-20)18-7-9-21-22(29)5-4-10-33-24(21)11-18/h6-9,11-12,20H,4-5,10,13-15H2,1-3H3/t20-/m0/s1. The highest BCUT2D eigenvalue weighted by molar-refractivity contribution is 6.00. The number of carbonyl (C=O) groups is 3. The number of benzene rings is 2. The zero-order valence-electron chi connectivity index (χ0n) is 19.5. The number of methoxy groups -OCH3 is 2. The topological polar surface area (TPSA) is 94.6 Å². The molecule has 0 unspecified atom stereocenters. The van der Waals surface area contributed by atoms with Crippen LogP contribution < -0.4 is 19.1 Å². The predicted molar refractivity (Wildman–Crippen MR) is 124 cm³/mol. The highest BCUT2D eigenvalue weighted by atomic mass is 16.6. The molecule has 1 fully saturated rings. The van der Waals surface area contributed by atoms with Crippen molar-refractivity contribution in [1.29, 1.82) is 0 Å². The fraction of sp³-hybridized carbons (Fsp3) is 0.400. The molecule has 2 amide bonds. The maximum absolute atomic E-state index is 12.6. The SMILES string of the molecule is COc1ccc(CN(C[C@H]2CN(c3ccc4c(c3)OCCCC4=O)C(=O)O2)C(C)=O)c(OC)c1. The summed E-state index contributed by atoms with van der Waals surface area (Å²) in [6.45, 7) is 2.73. The van der Waals surface area contributed by atoms with Gasteiger partial charge in [0.1, 0.15) is 23.4 Å². The predicted octanol–water partition coefficient (Wildman–Crippen LogP) is 3.43. The molecule has 0 aromatic heterocycles. The molecule has 2 aliphatic rings. The van der Waals surface area contributed by atoms with Crippen molar-refractivity contribution >= 4 is 23.5 Å². The van der Waals surface area contributed by atoms with Gasteiger partial charge in [-0.25, -0.2) is 4.79 Å². The largest absolute Gasteiger partial charge is 0.497 e. The fourth-order valence-corrected chi connectivity index (χ4v) is 4.14. The van der Waals surface area contributed by atoms with Crippen molar-refractivity contribution in [1.82, 2.24) is 4.90 Å². The van der Waals surface area contributed by atoms with Gasteiger partial charge in [0.05, 0.1) is 45.2 Å². The molecule has 0 saturated carbocycles. The Hall–Kier alpha value is -3.75. The molecular formula is C25H28N2O7. The van der Waals surface area contributed by atoms with E-state index in [1.54, 1.807) is 49.5 Å². The molecule has 0 radical (unpaired) electrons. The Balaban J connectivity index is 1.47. The normalized spacial score (nSPS) is 17.4. The smallest absolute Gasteiger partial charge is 0.414 e. The van der Waals surface area contributed by atoms with Crippen LogP contribution >= 0.6 is 0 Å². The van der Waals surface area contributed by atoms with Gasteiger partial charge in [-0.3, -0.25) is 14.5 Å². The molecule has 2 aliphatic heterocycles. The van der Waals surface area contributed by atoms with Crippen LogP contribution in [0.2, 0.25) is 0 Å². The van der Waals surface area contributed by atoms with Gasteiger partial charge in [-0.1, -0.05) is 0 Å². The Labute approximate surface area is 198 Å². The summed E-state index contributed by atoms with van der Waals surface area (Å²) >= 11 is 0. The molecule has 180 valence electrons. The van der Waals surface area contributed by atoms with Crippen LogP contribution in [-0.2, 0) is 16.1 Å². The van der Waals surface area contributed by atoms with Gasteiger partial charge in [0.2, 0.25) is 5.91 Å². The molecule has 0 bridgehead atoms. The van der Waals surface area contributed by atoms with Crippen molar-refractivity contribution in [2.45, 2.75) is 32.4 Å². The molecule has 1 atom stereocenters. The van der Waals surface area contributed by atoms with E-state index in [4.69, 9.17) is 18.9 Å². The van der Waals surface area contributed by atoms with Crippen LogP contribution in [0.3, 0.4) is 0 Å². The minimum atomic E-state index is -0.512. The molecule has 2 aromatic rings. The molecule has 2 aromatic carbocycles. The van der Waals surface area contributed by atoms with Gasteiger partial charge in [-0.05, 0) is 30.7 Å². The highest BCUT2D eigenvalue weighted by Crippen LogP contribution is 2.32. The molecule has 2 heterocycles. The first-order chi connectivity index (χ1) is 16.4. The Bertz CT molecular complexity index is 1100. The van der Waals surface area contributed by atoms with Crippen LogP contribution in [0.25, 0.3) is 0 Å². The zero-order valence-corrected chi connectivity index (χ0v) is 19.5. The molecule has 0 spiro atoms. The van der Waals surface area contributed by atoms with E-state index < -0.39 is 12.2 Å². The molecule has 34 heavy (non-hydrogen) atoms. The Kier molecular flexibility index (Phi) is 6.90. The van der Waals surface area contributed by atoms with E-state index in [0.717, 1.165) is 5.56 Å². The molecule has 9 nitrogen and oxygen atoms in total. The van der Waals surface area contributed by atoms with Gasteiger partial charge in [0.15, 0.2) is 5.78 Å². The third-order valence-electron chi connectivity index (χ3n) is 5.98. The number of Topliss-reactive ketones (excluding diaryl/α,β-unsaturated/α-hetero) is 1. The van der Waals surface area contributed by atoms with Crippen LogP contribution in [0.4, 0.5) is 10.5 Å². The Morgan fingerprint density at radius 2 is 1.97 bits per heavy atom. The second kappa shape index (κ2) is 10.0. The minimum absolute atomic E-state index is 0.0342. The number of anilines is 1. The van der Waals surface area contributed by atoms with E-state index in [9.17, 15) is 14.4 Å². The summed E-state index contributed by atoms with van der Waals surface area (Å²) in [7, 11) is 3.13. The molecule has 9 heteroatoms. The maximum atomic E-state index is 12.6. The van der Waals surface area contributed by atoms with Crippen molar-refractivity contribution in [3.8, 4) is 17.2 Å². The number of cyclic esters (lactones) is 1. The summed E-state index contributed by atoms with van der Waals surface area (Å²) in [6, 6.07) is 10.5. The van der Waals surface area contributed by atoms with Gasteiger partial charge in [-0.15, -0.1) is 0 Å². The van der Waals surface area contributed by atoms with E-state index in [-0.39, 0.29) is 24.8 Å². The third kappa shape index (κ3) is 4.93. The average molecular weight is 469 g/mol. The fourth-order valence-electron chi connectivity index (χ4n) is 4.14. The summed E-state index contributed by atoms with van der Waals surface area (Å²) < 4.78 is 22.0. The van der Waals surface area contributed by atoms with Crippen LogP contribution in [0, 0.1) is 0 Å². The highest BCUT2D eigenvalue weighted by Gasteiger charge is 2.35. The first kappa shape index (κ1) is 23.4. The van der Waals surface area contributed by atoms with Crippen LogP contribution in [0.5, 0.6) is 17.2 Å². The summed E-state index contributed by atoms with van der Waals surface area (Å²) in [4.78, 5) is 40.3. The van der Waals surface area contributed by atoms with Crippen LogP contribution in [-0.4, -0.2) is 62.7 Å². The average Bonchev–Trinajstić information content (AvgIpc) is 3.10. The van der Waals surface area contributed by atoms with E-state index in [2.05, 4.69) is 0 Å². The van der Waals surface area contributed by atoms with Crippen LogP contribution in [0.1, 0.15) is 35.7 Å². The molecule has 4 rings (SSSR count). The number of amides is 2. The third-order valence-corrected chi connectivity index (χ3v) is 5.98. The lowest BCUT2D eigenvalue weighted by Crippen LogP contribution is -2.37. The second-order valence-electron chi connectivity index (χ2n) is 8.25. The van der Waals surface area contributed by atoms with Gasteiger partial charge in [0, 0.05) is 37.6 Å². The molecule has 0 N–H and O–H groups in total. The van der Waals surface area contributed by atoms with Gasteiger partial charge in [-0.2, -0.15) is 0 Å². The zero-order chi connectivity index (χ0) is 24.2. The quantitative estimate of drug-likeness (QED) is 0.614. The number of fused-ring (bicyclic) bond motifs is 1. The number of nitrogens with zero attached hydrogens (tertiary/aromatic N) is 2. The molecule has 1 saturated heterocycles. The van der Waals surface area contributed by atoms with Crippen LogP contribution in [0.15, 0.2) is 36.4 Å². The van der Waals surface area contributed by atoms with Crippen molar-refractivity contribution in [3.05, 3.63) is 47.5 Å². The Morgan fingerprint density at radius 1 is 1.15 bits per heavy atom. The number of hydrogen-bond donors (Lipinski definition) is 0. The molecule has 0 aliphatic carbocycles. The number of rotatable bonds is 7. The first-order valence-electron chi connectivity index (χ1n) is 11.1. The van der Waals surface area contributed by atoms with Crippen molar-refractivity contribution in [3.63, 3.8) is 0 Å². The van der Waals surface area contributed by atoms with E-state index in [0.29, 0.717) is 54.5 Å². The summed E-state index contributed by atoms with van der Waals surface area (Å²) in [5, 5.41) is 0. The Morgan fingerprint density at radius 3 is 2.71 bits per heavy atom. The van der Waals surface area contributed by atoms with E-state index in [1.807, 2.05) is 6.07 Å². The summed E-state index contributed by atoms with van der Waals surface area (Å²) in [5.41, 5.74) is 1.93. The van der Waals surface area contributed by atoms with Crippen molar-refractivity contribution in [2.24, 2.45) is 0 Å². The van der Waals surface area contributed by atoms with Gasteiger partial charge in [0.25, 0.3) is 0 Å².